The molecule has 0 aliphatic carbocycles. The van der Waals surface area contributed by atoms with Crippen molar-refractivity contribution in [3.8, 4) is 11.4 Å². The summed E-state index contributed by atoms with van der Waals surface area (Å²) in [4.78, 5) is 23.7. The second kappa shape index (κ2) is 11.2. The quantitative estimate of drug-likeness (QED) is 0.471. The third-order valence-electron chi connectivity index (χ3n) is 3.73. The third-order valence-corrected chi connectivity index (χ3v) is 3.73. The maximum Gasteiger partial charge on any atom is 0.338 e. The number of hydrogen-bond donors (Lipinski definition) is 2. The summed E-state index contributed by atoms with van der Waals surface area (Å²) in [5, 5.41) is 32.5. The maximum absolute atomic E-state index is 13.0. The van der Waals surface area contributed by atoms with Crippen molar-refractivity contribution >= 4 is 11.9 Å². The molecule has 2 heterocycles. The standard InChI is InChI=1S/C9H5F2N3O2.C9H6FN3O2.C2H6/c10-6-3-5(9(15)16)8(4-7(6)11)14-12-1-2-13-14;10-6-1-2-8(7(5-6)9(14)15)13-11-3-4-12-13;1-2/h1-4H,(H,15,16);1-5H,(H,14,15);1-2H3. The van der Waals surface area contributed by atoms with Gasteiger partial charge >= 0.3 is 11.9 Å². The molecule has 0 aliphatic heterocycles. The molecule has 2 N–H and O–H groups in total. The molecule has 0 amide bonds. The fourth-order valence-electron chi connectivity index (χ4n) is 2.41. The molecule has 0 radical (unpaired) electrons. The summed E-state index contributed by atoms with van der Waals surface area (Å²) in [5.41, 5.74) is -0.480. The average molecular weight is 462 g/mol. The fourth-order valence-corrected chi connectivity index (χ4v) is 2.41. The molecule has 0 saturated heterocycles. The van der Waals surface area contributed by atoms with Crippen LogP contribution in [0.25, 0.3) is 11.4 Å². The Balaban J connectivity index is 0.000000218. The van der Waals surface area contributed by atoms with Gasteiger partial charge in [-0.2, -0.15) is 30.0 Å². The zero-order valence-corrected chi connectivity index (χ0v) is 17.2. The van der Waals surface area contributed by atoms with Gasteiger partial charge in [0.15, 0.2) is 11.6 Å². The molecular weight excluding hydrogens is 445 g/mol. The van der Waals surface area contributed by atoms with Crippen molar-refractivity contribution in [2.75, 3.05) is 0 Å². The molecule has 4 aromatic rings. The summed E-state index contributed by atoms with van der Waals surface area (Å²) in [7, 11) is 0. The number of halogens is 3. The smallest absolute Gasteiger partial charge is 0.338 e. The Bertz CT molecular complexity index is 1230. The summed E-state index contributed by atoms with van der Waals surface area (Å²) in [6, 6.07) is 4.74. The van der Waals surface area contributed by atoms with Crippen LogP contribution in [-0.4, -0.2) is 52.1 Å². The molecule has 0 saturated carbocycles. The van der Waals surface area contributed by atoms with Crippen LogP contribution in [0.3, 0.4) is 0 Å². The Morgan fingerprint density at radius 2 is 1.12 bits per heavy atom. The first-order valence-corrected chi connectivity index (χ1v) is 9.26. The predicted octanol–water partition coefficient (Wildman–Crippen LogP) is 3.37. The first-order chi connectivity index (χ1) is 15.8. The first-order valence-electron chi connectivity index (χ1n) is 9.26. The summed E-state index contributed by atoms with van der Waals surface area (Å²) in [6.07, 6.45) is 5.42. The van der Waals surface area contributed by atoms with Crippen LogP contribution in [0.4, 0.5) is 13.2 Å². The van der Waals surface area contributed by atoms with E-state index < -0.39 is 35.0 Å². The topological polar surface area (TPSA) is 136 Å². The van der Waals surface area contributed by atoms with Crippen molar-refractivity contribution in [2.24, 2.45) is 0 Å². The molecule has 0 bridgehead atoms. The van der Waals surface area contributed by atoms with Crippen molar-refractivity contribution in [1.29, 1.82) is 0 Å². The predicted molar refractivity (Wildman–Crippen MR) is 108 cm³/mol. The first kappa shape index (κ1) is 24.7. The molecule has 2 aromatic carbocycles. The van der Waals surface area contributed by atoms with E-state index in [0.29, 0.717) is 6.07 Å². The number of aromatic carboxylic acids is 2. The van der Waals surface area contributed by atoms with Crippen LogP contribution >= 0.6 is 0 Å². The molecule has 0 spiro atoms. The van der Waals surface area contributed by atoms with Crippen molar-refractivity contribution in [3.63, 3.8) is 0 Å². The molecule has 13 heteroatoms. The van der Waals surface area contributed by atoms with Gasteiger partial charge in [0, 0.05) is 6.07 Å². The number of carboxylic acid groups (broad SMARTS) is 2. The third kappa shape index (κ3) is 6.00. The van der Waals surface area contributed by atoms with E-state index in [1.54, 1.807) is 0 Å². The number of aromatic nitrogens is 6. The Morgan fingerprint density at radius 1 is 0.697 bits per heavy atom. The van der Waals surface area contributed by atoms with E-state index in [2.05, 4.69) is 20.4 Å². The van der Waals surface area contributed by atoms with Crippen molar-refractivity contribution in [1.82, 2.24) is 30.0 Å². The molecule has 0 fully saturated rings. The Labute approximate surface area is 184 Å². The van der Waals surface area contributed by atoms with Crippen LogP contribution in [0.2, 0.25) is 0 Å². The van der Waals surface area contributed by atoms with Gasteiger partial charge in [-0.25, -0.2) is 22.8 Å². The van der Waals surface area contributed by atoms with Gasteiger partial charge in [0.05, 0.1) is 35.9 Å². The molecule has 33 heavy (non-hydrogen) atoms. The summed E-state index contributed by atoms with van der Waals surface area (Å²) in [5.74, 6) is -5.60. The number of carboxylic acids is 2. The highest BCUT2D eigenvalue weighted by atomic mass is 19.2. The van der Waals surface area contributed by atoms with Crippen LogP contribution in [0.5, 0.6) is 0 Å². The minimum absolute atomic E-state index is 0.128. The molecule has 4 rings (SSSR count). The lowest BCUT2D eigenvalue weighted by Gasteiger charge is -2.05. The molecule has 0 aliphatic rings. The van der Waals surface area contributed by atoms with Crippen LogP contribution in [0, 0.1) is 17.5 Å². The highest BCUT2D eigenvalue weighted by molar-refractivity contribution is 5.92. The van der Waals surface area contributed by atoms with E-state index >= 15 is 0 Å². The number of hydrogen-bond acceptors (Lipinski definition) is 6. The van der Waals surface area contributed by atoms with E-state index in [-0.39, 0.29) is 16.9 Å². The summed E-state index contributed by atoms with van der Waals surface area (Å²) in [6.45, 7) is 4.00. The number of nitrogens with zero attached hydrogens (tertiary/aromatic N) is 6. The van der Waals surface area contributed by atoms with Gasteiger partial charge < -0.3 is 10.2 Å². The van der Waals surface area contributed by atoms with E-state index in [4.69, 9.17) is 10.2 Å². The lowest BCUT2D eigenvalue weighted by molar-refractivity contribution is 0.0685. The highest BCUT2D eigenvalue weighted by Gasteiger charge is 2.17. The van der Waals surface area contributed by atoms with Gasteiger partial charge in [0.25, 0.3) is 0 Å². The van der Waals surface area contributed by atoms with Gasteiger partial charge in [-0.1, -0.05) is 13.8 Å². The lowest BCUT2D eigenvalue weighted by atomic mass is 10.1. The van der Waals surface area contributed by atoms with Crippen LogP contribution < -0.4 is 0 Å². The van der Waals surface area contributed by atoms with Gasteiger partial charge in [-0.15, -0.1) is 0 Å². The molecule has 2 aromatic heterocycles. The SMILES string of the molecule is CC.O=C(O)c1cc(F)c(F)cc1-n1nccn1.O=C(O)c1cc(F)ccc1-n1nccn1. The summed E-state index contributed by atoms with van der Waals surface area (Å²) >= 11 is 0. The molecule has 172 valence electrons. The van der Waals surface area contributed by atoms with Crippen molar-refractivity contribution in [3.05, 3.63) is 83.7 Å². The molecule has 10 nitrogen and oxygen atoms in total. The van der Waals surface area contributed by atoms with E-state index in [1.165, 1.54) is 30.9 Å². The van der Waals surface area contributed by atoms with E-state index in [0.717, 1.165) is 27.8 Å². The zero-order valence-electron chi connectivity index (χ0n) is 17.2. The van der Waals surface area contributed by atoms with Gasteiger partial charge in [0.1, 0.15) is 17.2 Å². The van der Waals surface area contributed by atoms with Gasteiger partial charge in [-0.3, -0.25) is 0 Å². The van der Waals surface area contributed by atoms with Crippen LogP contribution in [0.1, 0.15) is 34.6 Å². The zero-order chi connectivity index (χ0) is 24.5. The Kier molecular flexibility index (Phi) is 8.37. The summed E-state index contributed by atoms with van der Waals surface area (Å²) < 4.78 is 38.7. The van der Waals surface area contributed by atoms with Gasteiger partial charge in [0.2, 0.25) is 0 Å². The molecule has 0 unspecified atom stereocenters. The van der Waals surface area contributed by atoms with E-state index in [9.17, 15) is 22.8 Å². The second-order valence-electron chi connectivity index (χ2n) is 5.69. The van der Waals surface area contributed by atoms with Gasteiger partial charge in [-0.05, 0) is 24.3 Å². The minimum atomic E-state index is -1.38. The maximum atomic E-state index is 13.0. The van der Waals surface area contributed by atoms with Crippen LogP contribution in [0.15, 0.2) is 55.1 Å². The minimum Gasteiger partial charge on any atom is -0.478 e. The van der Waals surface area contributed by atoms with Crippen molar-refractivity contribution < 1.29 is 33.0 Å². The highest BCUT2D eigenvalue weighted by Crippen LogP contribution is 2.18. The molecule has 0 atom stereocenters. The molecular formula is C20H17F3N6O4. The largest absolute Gasteiger partial charge is 0.478 e. The normalized spacial score (nSPS) is 9.85. The van der Waals surface area contributed by atoms with Crippen LogP contribution in [-0.2, 0) is 0 Å². The van der Waals surface area contributed by atoms with E-state index in [1.807, 2.05) is 13.8 Å². The number of rotatable bonds is 4. The van der Waals surface area contributed by atoms with Crippen molar-refractivity contribution in [2.45, 2.75) is 13.8 Å². The Hall–Kier alpha value is -4.55. The second-order valence-corrected chi connectivity index (χ2v) is 5.69. The number of benzene rings is 2. The average Bonchev–Trinajstić information content (AvgIpc) is 3.51. The Morgan fingerprint density at radius 3 is 1.61 bits per heavy atom. The lowest BCUT2D eigenvalue weighted by Crippen LogP contribution is -2.09. The monoisotopic (exact) mass is 462 g/mol. The number of carbonyl (C=O) groups is 2. The fraction of sp³-hybridized carbons (Fsp3) is 0.100.